The lowest BCUT2D eigenvalue weighted by Crippen LogP contribution is -2.63. The predicted octanol–water partition coefficient (Wildman–Crippen LogP) is 4.47. The van der Waals surface area contributed by atoms with Gasteiger partial charge in [-0.25, -0.2) is 0 Å². The summed E-state index contributed by atoms with van der Waals surface area (Å²) in [5.41, 5.74) is 1.74. The molecular weight excluding hydrogens is 374 g/mol. The quantitative estimate of drug-likeness (QED) is 0.824. The molecule has 2 aromatic rings. The first-order valence-electron chi connectivity index (χ1n) is 10.9. The van der Waals surface area contributed by atoms with Gasteiger partial charge in [0, 0.05) is 18.8 Å². The molecule has 1 spiro atoms. The number of carbonyl (C=O) groups excluding carboxylic acids is 1. The SMILES string of the molecule is N#CC1(c2ccccc2)CCC2(CC1)Nc1ccccc1C(=O)N2C[C@H]1CCCO1. The van der Waals surface area contributed by atoms with Crippen molar-refractivity contribution in [2.24, 2.45) is 0 Å². The molecule has 2 fully saturated rings. The minimum atomic E-state index is -0.496. The molecule has 1 amide bonds. The van der Waals surface area contributed by atoms with Crippen molar-refractivity contribution in [2.75, 3.05) is 18.5 Å². The third-order valence-corrected chi connectivity index (χ3v) is 7.17. The molecule has 1 saturated heterocycles. The molecule has 1 saturated carbocycles. The van der Waals surface area contributed by atoms with Gasteiger partial charge in [-0.2, -0.15) is 5.26 Å². The molecule has 5 heteroatoms. The molecule has 1 N–H and O–H groups in total. The van der Waals surface area contributed by atoms with Crippen LogP contribution in [-0.4, -0.2) is 35.7 Å². The Hall–Kier alpha value is -2.84. The highest BCUT2D eigenvalue weighted by Gasteiger charge is 2.51. The summed E-state index contributed by atoms with van der Waals surface area (Å²) in [4.78, 5) is 15.6. The van der Waals surface area contributed by atoms with Crippen molar-refractivity contribution in [2.45, 2.75) is 55.7 Å². The van der Waals surface area contributed by atoms with Gasteiger partial charge in [-0.05, 0) is 56.2 Å². The Morgan fingerprint density at radius 1 is 1.07 bits per heavy atom. The molecule has 2 heterocycles. The summed E-state index contributed by atoms with van der Waals surface area (Å²) in [6.45, 7) is 1.38. The fraction of sp³-hybridized carbons (Fsp3) is 0.440. The van der Waals surface area contributed by atoms with Gasteiger partial charge in [-0.1, -0.05) is 42.5 Å². The summed E-state index contributed by atoms with van der Waals surface area (Å²) in [5, 5.41) is 13.8. The van der Waals surface area contributed by atoms with Crippen LogP contribution in [0.15, 0.2) is 54.6 Å². The highest BCUT2D eigenvalue weighted by atomic mass is 16.5. The van der Waals surface area contributed by atoms with Crippen LogP contribution in [0.3, 0.4) is 0 Å². The minimum absolute atomic E-state index is 0.0732. The Kier molecular flexibility index (Phi) is 4.75. The molecule has 154 valence electrons. The summed E-state index contributed by atoms with van der Waals surface area (Å²) in [7, 11) is 0. The molecule has 2 aromatic carbocycles. The van der Waals surface area contributed by atoms with E-state index in [-0.39, 0.29) is 12.0 Å². The van der Waals surface area contributed by atoms with Gasteiger partial charge in [0.05, 0.1) is 23.2 Å². The van der Waals surface area contributed by atoms with Crippen molar-refractivity contribution in [3.8, 4) is 6.07 Å². The van der Waals surface area contributed by atoms with E-state index >= 15 is 0 Å². The number of rotatable bonds is 3. The summed E-state index contributed by atoms with van der Waals surface area (Å²) in [6, 6.07) is 20.5. The van der Waals surface area contributed by atoms with Crippen LogP contribution in [0.4, 0.5) is 5.69 Å². The monoisotopic (exact) mass is 401 g/mol. The number of amides is 1. The second-order valence-corrected chi connectivity index (χ2v) is 8.81. The lowest BCUT2D eigenvalue weighted by atomic mass is 9.66. The van der Waals surface area contributed by atoms with Gasteiger partial charge in [0.25, 0.3) is 5.91 Å². The highest BCUT2D eigenvalue weighted by molar-refractivity contribution is 6.02. The molecule has 1 atom stereocenters. The van der Waals surface area contributed by atoms with Crippen LogP contribution in [0.2, 0.25) is 0 Å². The van der Waals surface area contributed by atoms with Crippen LogP contribution in [0.5, 0.6) is 0 Å². The van der Waals surface area contributed by atoms with Gasteiger partial charge in [0.1, 0.15) is 5.66 Å². The topological polar surface area (TPSA) is 65.4 Å². The average molecular weight is 402 g/mol. The van der Waals surface area contributed by atoms with Gasteiger partial charge in [0.2, 0.25) is 0 Å². The van der Waals surface area contributed by atoms with Gasteiger partial charge < -0.3 is 15.0 Å². The van der Waals surface area contributed by atoms with Crippen LogP contribution >= 0.6 is 0 Å². The van der Waals surface area contributed by atoms with E-state index in [1.165, 1.54) is 0 Å². The van der Waals surface area contributed by atoms with Crippen molar-refractivity contribution in [3.05, 3.63) is 65.7 Å². The third kappa shape index (κ3) is 3.07. The van der Waals surface area contributed by atoms with E-state index in [9.17, 15) is 10.1 Å². The van der Waals surface area contributed by atoms with Crippen LogP contribution in [-0.2, 0) is 10.2 Å². The van der Waals surface area contributed by atoms with Gasteiger partial charge in [-0.3, -0.25) is 4.79 Å². The van der Waals surface area contributed by atoms with E-state index in [4.69, 9.17) is 4.74 Å². The summed E-state index contributed by atoms with van der Waals surface area (Å²) in [5.74, 6) is 0.0732. The first-order chi connectivity index (χ1) is 14.7. The van der Waals surface area contributed by atoms with Crippen LogP contribution in [0.25, 0.3) is 0 Å². The van der Waals surface area contributed by atoms with Crippen molar-refractivity contribution in [1.29, 1.82) is 5.26 Å². The Labute approximate surface area is 177 Å². The second-order valence-electron chi connectivity index (χ2n) is 8.81. The molecule has 1 aliphatic carbocycles. The smallest absolute Gasteiger partial charge is 0.257 e. The van der Waals surface area contributed by atoms with Crippen LogP contribution < -0.4 is 5.32 Å². The fourth-order valence-electron chi connectivity index (χ4n) is 5.39. The predicted molar refractivity (Wildman–Crippen MR) is 115 cm³/mol. The molecule has 0 unspecified atom stereocenters. The van der Waals surface area contributed by atoms with E-state index < -0.39 is 11.1 Å². The number of anilines is 1. The molecular formula is C25H27N3O2. The number of carbonyl (C=O) groups is 1. The maximum absolute atomic E-state index is 13.5. The van der Waals surface area contributed by atoms with Crippen molar-refractivity contribution in [3.63, 3.8) is 0 Å². The van der Waals surface area contributed by atoms with Crippen LogP contribution in [0, 0.1) is 11.3 Å². The third-order valence-electron chi connectivity index (χ3n) is 7.17. The van der Waals surface area contributed by atoms with E-state index in [1.807, 2.05) is 47.4 Å². The number of ether oxygens (including phenoxy) is 1. The zero-order chi connectivity index (χ0) is 20.6. The number of nitriles is 1. The Balaban J connectivity index is 1.48. The maximum Gasteiger partial charge on any atom is 0.257 e. The molecule has 0 aromatic heterocycles. The summed E-state index contributed by atoms with van der Waals surface area (Å²) in [6.07, 6.45) is 5.05. The first kappa shape index (κ1) is 19.1. The van der Waals surface area contributed by atoms with E-state index in [0.717, 1.165) is 61.9 Å². The molecule has 0 bridgehead atoms. The van der Waals surface area contributed by atoms with Crippen LogP contribution in [0.1, 0.15) is 54.4 Å². The number of nitrogens with zero attached hydrogens (tertiary/aromatic N) is 2. The number of hydrogen-bond donors (Lipinski definition) is 1. The zero-order valence-corrected chi connectivity index (χ0v) is 17.1. The maximum atomic E-state index is 13.5. The number of benzene rings is 2. The summed E-state index contributed by atoms with van der Waals surface area (Å²) < 4.78 is 5.88. The molecule has 2 aliphatic heterocycles. The molecule has 0 radical (unpaired) electrons. The molecule has 3 aliphatic rings. The lowest BCUT2D eigenvalue weighted by molar-refractivity contribution is 0.00616. The summed E-state index contributed by atoms with van der Waals surface area (Å²) >= 11 is 0. The molecule has 5 rings (SSSR count). The highest BCUT2D eigenvalue weighted by Crippen LogP contribution is 2.48. The van der Waals surface area contributed by atoms with Crippen molar-refractivity contribution >= 4 is 11.6 Å². The van der Waals surface area contributed by atoms with Gasteiger partial charge >= 0.3 is 0 Å². The minimum Gasteiger partial charge on any atom is -0.376 e. The van der Waals surface area contributed by atoms with E-state index in [2.05, 4.69) is 23.5 Å². The number of hydrogen-bond acceptors (Lipinski definition) is 4. The Morgan fingerprint density at radius 2 is 1.80 bits per heavy atom. The molecule has 5 nitrogen and oxygen atoms in total. The second kappa shape index (κ2) is 7.45. The normalized spacial score (nSPS) is 30.6. The number of fused-ring (bicyclic) bond motifs is 1. The lowest BCUT2D eigenvalue weighted by Gasteiger charge is -2.53. The van der Waals surface area contributed by atoms with Crippen molar-refractivity contribution < 1.29 is 9.53 Å². The first-order valence-corrected chi connectivity index (χ1v) is 10.9. The number of para-hydroxylation sites is 1. The largest absolute Gasteiger partial charge is 0.376 e. The fourth-order valence-corrected chi connectivity index (χ4v) is 5.39. The molecule has 30 heavy (non-hydrogen) atoms. The average Bonchev–Trinajstić information content (AvgIpc) is 3.32. The number of nitrogens with one attached hydrogen (secondary N) is 1. The van der Waals surface area contributed by atoms with E-state index in [1.54, 1.807) is 0 Å². The van der Waals surface area contributed by atoms with Gasteiger partial charge in [0.15, 0.2) is 0 Å². The Bertz CT molecular complexity index is 967. The Morgan fingerprint density at radius 3 is 2.50 bits per heavy atom. The zero-order valence-electron chi connectivity index (χ0n) is 17.1. The van der Waals surface area contributed by atoms with Crippen molar-refractivity contribution in [1.82, 2.24) is 4.90 Å². The van der Waals surface area contributed by atoms with E-state index in [0.29, 0.717) is 6.54 Å². The standard InChI is InChI=1S/C25H27N3O2/c26-18-24(19-7-2-1-3-8-19)12-14-25(15-13-24)27-22-11-5-4-10-21(22)23(29)28(25)17-20-9-6-16-30-20/h1-5,7-8,10-11,20,27H,6,9,12-17H2/t20-,24?,25?/m1/s1. The van der Waals surface area contributed by atoms with Gasteiger partial charge in [-0.15, -0.1) is 0 Å².